The summed E-state index contributed by atoms with van der Waals surface area (Å²) in [5.74, 6) is 0.243. The number of ketones is 1. The Bertz CT molecular complexity index is 316. The Morgan fingerprint density at radius 3 is 2.33 bits per heavy atom. The molecule has 0 radical (unpaired) electrons. The summed E-state index contributed by atoms with van der Waals surface area (Å²) >= 11 is 0. The van der Waals surface area contributed by atoms with Crippen LogP contribution in [0.1, 0.15) is 25.8 Å². The smallest absolute Gasteiger partial charge is 0.131 e. The lowest BCUT2D eigenvalue weighted by Gasteiger charge is -2.18. The number of nitrogens with zero attached hydrogens (tertiary/aromatic N) is 1. The first-order chi connectivity index (χ1) is 7.13. The number of hydrogen-bond acceptors (Lipinski definition) is 2. The lowest BCUT2D eigenvalue weighted by Crippen LogP contribution is -2.20. The van der Waals surface area contributed by atoms with Gasteiger partial charge in [0.1, 0.15) is 5.78 Å². The fraction of sp³-hybridized carbons (Fsp3) is 0.462. The second-order valence-corrected chi connectivity index (χ2v) is 3.89. The van der Waals surface area contributed by atoms with E-state index in [4.69, 9.17) is 0 Å². The van der Waals surface area contributed by atoms with Crippen molar-refractivity contribution in [2.75, 3.05) is 18.5 Å². The SMILES string of the molecule is CCc1ccc(N(C)CCC(C)=O)cc1. The van der Waals surface area contributed by atoms with Crippen molar-refractivity contribution in [3.8, 4) is 0 Å². The van der Waals surface area contributed by atoms with Crippen LogP contribution in [0.3, 0.4) is 0 Å². The van der Waals surface area contributed by atoms with Crippen LogP contribution in [0.5, 0.6) is 0 Å². The first kappa shape index (κ1) is 11.8. The molecular weight excluding hydrogens is 186 g/mol. The maximum absolute atomic E-state index is 10.9. The Morgan fingerprint density at radius 1 is 1.27 bits per heavy atom. The molecule has 0 unspecified atom stereocenters. The molecule has 0 saturated carbocycles. The van der Waals surface area contributed by atoms with E-state index in [1.165, 1.54) is 11.3 Å². The maximum Gasteiger partial charge on any atom is 0.131 e. The second-order valence-electron chi connectivity index (χ2n) is 3.89. The number of Topliss-reactive ketones (excluding diaryl/α,β-unsaturated/α-hetero) is 1. The van der Waals surface area contributed by atoms with Crippen LogP contribution in [0.2, 0.25) is 0 Å². The molecule has 0 heterocycles. The van der Waals surface area contributed by atoms with E-state index in [0.29, 0.717) is 6.42 Å². The van der Waals surface area contributed by atoms with Crippen LogP contribution in [0.25, 0.3) is 0 Å². The van der Waals surface area contributed by atoms with Crippen molar-refractivity contribution < 1.29 is 4.79 Å². The number of carbonyl (C=O) groups excluding carboxylic acids is 1. The highest BCUT2D eigenvalue weighted by Crippen LogP contribution is 2.14. The number of anilines is 1. The predicted octanol–water partition coefficient (Wildman–Crippen LogP) is 2.66. The lowest BCUT2D eigenvalue weighted by molar-refractivity contribution is -0.116. The summed E-state index contributed by atoms with van der Waals surface area (Å²) in [5.41, 5.74) is 2.52. The molecule has 82 valence electrons. The van der Waals surface area contributed by atoms with Crippen LogP contribution >= 0.6 is 0 Å². The summed E-state index contributed by atoms with van der Waals surface area (Å²) in [6, 6.07) is 8.50. The van der Waals surface area contributed by atoms with E-state index >= 15 is 0 Å². The highest BCUT2D eigenvalue weighted by atomic mass is 16.1. The van der Waals surface area contributed by atoms with Crippen molar-refractivity contribution in [2.24, 2.45) is 0 Å². The molecule has 0 aromatic heterocycles. The summed E-state index contributed by atoms with van der Waals surface area (Å²) in [4.78, 5) is 13.0. The van der Waals surface area contributed by atoms with Gasteiger partial charge in [-0.3, -0.25) is 4.79 Å². The van der Waals surface area contributed by atoms with Crippen LogP contribution < -0.4 is 4.90 Å². The number of hydrogen-bond donors (Lipinski definition) is 0. The molecule has 0 amide bonds. The molecule has 0 atom stereocenters. The van der Waals surface area contributed by atoms with Crippen molar-refractivity contribution in [1.29, 1.82) is 0 Å². The average molecular weight is 205 g/mol. The van der Waals surface area contributed by atoms with E-state index in [1.54, 1.807) is 6.92 Å². The Kier molecular flexibility index (Phi) is 4.35. The van der Waals surface area contributed by atoms with E-state index in [0.717, 1.165) is 13.0 Å². The van der Waals surface area contributed by atoms with Gasteiger partial charge < -0.3 is 4.90 Å². The van der Waals surface area contributed by atoms with Crippen molar-refractivity contribution in [3.63, 3.8) is 0 Å². The first-order valence-electron chi connectivity index (χ1n) is 5.43. The molecule has 0 N–H and O–H groups in total. The van der Waals surface area contributed by atoms with Gasteiger partial charge in [-0.25, -0.2) is 0 Å². The van der Waals surface area contributed by atoms with Crippen LogP contribution in [0.4, 0.5) is 5.69 Å². The monoisotopic (exact) mass is 205 g/mol. The van der Waals surface area contributed by atoms with Gasteiger partial charge in [-0.15, -0.1) is 0 Å². The summed E-state index contributed by atoms with van der Waals surface area (Å²) < 4.78 is 0. The number of aryl methyl sites for hydroxylation is 1. The minimum Gasteiger partial charge on any atom is -0.374 e. The molecule has 0 aliphatic heterocycles. The van der Waals surface area contributed by atoms with Gasteiger partial charge in [0.25, 0.3) is 0 Å². The van der Waals surface area contributed by atoms with E-state index in [-0.39, 0.29) is 5.78 Å². The van der Waals surface area contributed by atoms with Crippen LogP contribution in [0.15, 0.2) is 24.3 Å². The highest BCUT2D eigenvalue weighted by molar-refractivity contribution is 5.76. The van der Waals surface area contributed by atoms with E-state index in [1.807, 2.05) is 7.05 Å². The Balaban J connectivity index is 2.57. The van der Waals surface area contributed by atoms with Gasteiger partial charge in [0.15, 0.2) is 0 Å². The molecule has 0 spiro atoms. The Labute approximate surface area is 91.9 Å². The summed E-state index contributed by atoms with van der Waals surface area (Å²) in [6.07, 6.45) is 1.68. The fourth-order valence-corrected chi connectivity index (χ4v) is 1.44. The lowest BCUT2D eigenvalue weighted by atomic mass is 10.1. The normalized spacial score (nSPS) is 10.1. The topological polar surface area (TPSA) is 20.3 Å². The van der Waals surface area contributed by atoms with Gasteiger partial charge in [0, 0.05) is 25.7 Å². The van der Waals surface area contributed by atoms with Crippen LogP contribution in [-0.2, 0) is 11.2 Å². The molecule has 0 aliphatic carbocycles. The van der Waals surface area contributed by atoms with E-state index in [9.17, 15) is 4.79 Å². The molecule has 2 heteroatoms. The Hall–Kier alpha value is -1.31. The molecule has 1 aromatic carbocycles. The average Bonchev–Trinajstić information content (AvgIpc) is 2.26. The first-order valence-corrected chi connectivity index (χ1v) is 5.43. The van der Waals surface area contributed by atoms with Crippen molar-refractivity contribution in [1.82, 2.24) is 0 Å². The molecule has 0 aliphatic rings. The number of benzene rings is 1. The summed E-state index contributed by atoms with van der Waals surface area (Å²) in [5, 5.41) is 0. The Morgan fingerprint density at radius 2 is 1.87 bits per heavy atom. The van der Waals surface area contributed by atoms with Crippen molar-refractivity contribution in [3.05, 3.63) is 29.8 Å². The van der Waals surface area contributed by atoms with Crippen LogP contribution in [0, 0.1) is 0 Å². The zero-order chi connectivity index (χ0) is 11.3. The molecule has 2 nitrogen and oxygen atoms in total. The van der Waals surface area contributed by atoms with Gasteiger partial charge in [0.2, 0.25) is 0 Å². The third-order valence-electron chi connectivity index (χ3n) is 2.58. The molecule has 1 aromatic rings. The maximum atomic E-state index is 10.9. The third kappa shape index (κ3) is 3.74. The molecule has 0 fully saturated rings. The van der Waals surface area contributed by atoms with Gasteiger partial charge >= 0.3 is 0 Å². The van der Waals surface area contributed by atoms with Crippen molar-refractivity contribution >= 4 is 11.5 Å². The van der Waals surface area contributed by atoms with E-state index in [2.05, 4.69) is 36.1 Å². The van der Waals surface area contributed by atoms with Gasteiger partial charge in [0.05, 0.1) is 0 Å². The highest BCUT2D eigenvalue weighted by Gasteiger charge is 2.01. The number of carbonyl (C=O) groups is 1. The molecule has 0 saturated heterocycles. The largest absolute Gasteiger partial charge is 0.374 e. The van der Waals surface area contributed by atoms with E-state index < -0.39 is 0 Å². The quantitative estimate of drug-likeness (QED) is 0.736. The molecule has 1 rings (SSSR count). The van der Waals surface area contributed by atoms with Gasteiger partial charge in [-0.05, 0) is 31.0 Å². The minimum atomic E-state index is 0.243. The van der Waals surface area contributed by atoms with Gasteiger partial charge in [-0.1, -0.05) is 19.1 Å². The molecular formula is C13H19NO. The summed E-state index contributed by atoms with van der Waals surface area (Å²) in [6.45, 7) is 4.57. The predicted molar refractivity (Wildman–Crippen MR) is 64.4 cm³/mol. The summed E-state index contributed by atoms with van der Waals surface area (Å²) in [7, 11) is 2.02. The fourth-order valence-electron chi connectivity index (χ4n) is 1.44. The van der Waals surface area contributed by atoms with Gasteiger partial charge in [-0.2, -0.15) is 0 Å². The third-order valence-corrected chi connectivity index (χ3v) is 2.58. The zero-order valence-corrected chi connectivity index (χ0v) is 9.79. The number of rotatable bonds is 5. The second kappa shape index (κ2) is 5.54. The van der Waals surface area contributed by atoms with Crippen molar-refractivity contribution in [2.45, 2.75) is 26.7 Å². The molecule has 0 bridgehead atoms. The minimum absolute atomic E-state index is 0.243. The standard InChI is InChI=1S/C13H19NO/c1-4-12-5-7-13(8-6-12)14(3)10-9-11(2)15/h5-8H,4,9-10H2,1-3H3. The van der Waals surface area contributed by atoms with Crippen LogP contribution in [-0.4, -0.2) is 19.4 Å². The zero-order valence-electron chi connectivity index (χ0n) is 9.79. The molecule has 15 heavy (non-hydrogen) atoms.